The molecule has 0 unspecified atom stereocenters. The predicted molar refractivity (Wildman–Crippen MR) is 140 cm³/mol. The van der Waals surface area contributed by atoms with Crippen molar-refractivity contribution in [2.24, 2.45) is 5.73 Å². The Bertz CT molecular complexity index is 1080. The standard InChI is InChI=1S/C25H36FN7O5/c1-25(2,3)38-24(37)32-19(22(35)36)6-4-12-28-20-18(15-31-23(33-20)29-13-5-11-27)21(34)30-14-16-7-9-17(26)10-8-16/h7-10,15,19H,4-6,11-14,27H2,1-3H3,(H,30,34)(H,32,37)(H,35,36)(H2,28,29,31,33)/t19-/m0/s1. The Hall–Kier alpha value is -4.00. The van der Waals surface area contributed by atoms with Crippen LogP contribution in [0, 0.1) is 5.82 Å². The molecule has 0 aliphatic rings. The van der Waals surface area contributed by atoms with Crippen LogP contribution in [0.3, 0.4) is 0 Å². The Morgan fingerprint density at radius 3 is 2.42 bits per heavy atom. The molecule has 0 aliphatic heterocycles. The molecule has 0 bridgehead atoms. The molecule has 1 aromatic heterocycles. The van der Waals surface area contributed by atoms with E-state index >= 15 is 0 Å². The van der Waals surface area contributed by atoms with E-state index in [-0.39, 0.29) is 36.7 Å². The summed E-state index contributed by atoms with van der Waals surface area (Å²) < 4.78 is 18.3. The van der Waals surface area contributed by atoms with Crippen molar-refractivity contribution < 1.29 is 28.6 Å². The van der Waals surface area contributed by atoms with Crippen LogP contribution in [0.2, 0.25) is 0 Å². The van der Waals surface area contributed by atoms with E-state index in [9.17, 15) is 23.9 Å². The summed E-state index contributed by atoms with van der Waals surface area (Å²) in [7, 11) is 0. The molecular formula is C25H36FN7O5. The molecule has 1 aromatic carbocycles. The van der Waals surface area contributed by atoms with Gasteiger partial charge in [-0.05, 0) is 64.3 Å². The van der Waals surface area contributed by atoms with E-state index in [4.69, 9.17) is 10.5 Å². The van der Waals surface area contributed by atoms with Gasteiger partial charge in [-0.15, -0.1) is 0 Å². The topological polar surface area (TPSA) is 181 Å². The maximum Gasteiger partial charge on any atom is 0.408 e. The number of rotatable bonds is 14. The summed E-state index contributed by atoms with van der Waals surface area (Å²) in [4.78, 5) is 45.0. The molecule has 7 N–H and O–H groups in total. The van der Waals surface area contributed by atoms with Gasteiger partial charge in [-0.2, -0.15) is 4.98 Å². The number of alkyl carbamates (subject to hydrolysis) is 1. The molecule has 0 fully saturated rings. The first-order valence-electron chi connectivity index (χ1n) is 12.3. The van der Waals surface area contributed by atoms with Crippen molar-refractivity contribution in [1.29, 1.82) is 0 Å². The van der Waals surface area contributed by atoms with Crippen molar-refractivity contribution in [2.45, 2.75) is 58.2 Å². The van der Waals surface area contributed by atoms with E-state index in [1.807, 2.05) is 0 Å². The molecule has 0 saturated carbocycles. The van der Waals surface area contributed by atoms with Crippen molar-refractivity contribution in [1.82, 2.24) is 20.6 Å². The number of hydrogen-bond acceptors (Lipinski definition) is 9. The number of nitrogens with two attached hydrogens (primary N) is 1. The Labute approximate surface area is 220 Å². The van der Waals surface area contributed by atoms with Gasteiger partial charge in [-0.1, -0.05) is 12.1 Å². The van der Waals surface area contributed by atoms with E-state index in [2.05, 4.69) is 31.2 Å². The van der Waals surface area contributed by atoms with Crippen molar-refractivity contribution in [3.8, 4) is 0 Å². The van der Waals surface area contributed by atoms with Crippen molar-refractivity contribution in [3.63, 3.8) is 0 Å². The third-order valence-electron chi connectivity index (χ3n) is 5.01. The monoisotopic (exact) mass is 533 g/mol. The molecule has 1 atom stereocenters. The lowest BCUT2D eigenvalue weighted by Crippen LogP contribution is -2.43. The van der Waals surface area contributed by atoms with Crippen molar-refractivity contribution >= 4 is 29.7 Å². The molecule has 0 radical (unpaired) electrons. The Balaban J connectivity index is 2.03. The van der Waals surface area contributed by atoms with Gasteiger partial charge in [-0.3, -0.25) is 4.79 Å². The van der Waals surface area contributed by atoms with Gasteiger partial charge in [-0.25, -0.2) is 19.0 Å². The summed E-state index contributed by atoms with van der Waals surface area (Å²) in [5.74, 6) is -1.46. The molecule has 2 rings (SSSR count). The second-order valence-electron chi connectivity index (χ2n) is 9.44. The number of aromatic nitrogens is 2. The van der Waals surface area contributed by atoms with Crippen molar-refractivity contribution in [3.05, 3.63) is 47.4 Å². The molecule has 12 nitrogen and oxygen atoms in total. The first-order valence-corrected chi connectivity index (χ1v) is 12.3. The number of amides is 2. The highest BCUT2D eigenvalue weighted by Gasteiger charge is 2.23. The van der Waals surface area contributed by atoms with Gasteiger partial charge in [0, 0.05) is 25.8 Å². The zero-order chi connectivity index (χ0) is 28.1. The second kappa shape index (κ2) is 14.7. The van der Waals surface area contributed by atoms with Crippen LogP contribution in [-0.4, -0.2) is 64.3 Å². The number of nitrogens with one attached hydrogen (secondary N) is 4. The molecule has 2 aromatic rings. The highest BCUT2D eigenvalue weighted by molar-refractivity contribution is 5.98. The molecule has 38 heavy (non-hydrogen) atoms. The molecule has 2 amide bonds. The molecule has 1 heterocycles. The molecule has 13 heteroatoms. The number of benzene rings is 1. The average Bonchev–Trinajstić information content (AvgIpc) is 2.84. The minimum absolute atomic E-state index is 0.111. The van der Waals surface area contributed by atoms with Gasteiger partial charge in [0.1, 0.15) is 28.8 Å². The third-order valence-corrected chi connectivity index (χ3v) is 5.01. The van der Waals surface area contributed by atoms with Crippen LogP contribution in [0.5, 0.6) is 0 Å². The fraction of sp³-hybridized carbons (Fsp3) is 0.480. The van der Waals surface area contributed by atoms with Crippen LogP contribution >= 0.6 is 0 Å². The van der Waals surface area contributed by atoms with E-state index < -0.39 is 29.6 Å². The summed E-state index contributed by atoms with van der Waals surface area (Å²) in [5.41, 5.74) is 5.66. The number of halogens is 1. The largest absolute Gasteiger partial charge is 0.480 e. The maximum absolute atomic E-state index is 13.1. The highest BCUT2D eigenvalue weighted by Crippen LogP contribution is 2.15. The van der Waals surface area contributed by atoms with Gasteiger partial charge >= 0.3 is 12.1 Å². The maximum atomic E-state index is 13.1. The summed E-state index contributed by atoms with van der Waals surface area (Å²) in [6, 6.07) is 4.60. The molecule has 208 valence electrons. The SMILES string of the molecule is CC(C)(C)OC(=O)N[C@@H](CCCNc1nc(NCCCN)ncc1C(=O)NCc1ccc(F)cc1)C(=O)O. The first kappa shape index (κ1) is 30.2. The van der Waals surface area contributed by atoms with Gasteiger partial charge in [0.05, 0.1) is 0 Å². The molecular weight excluding hydrogens is 497 g/mol. The normalized spacial score (nSPS) is 11.8. The number of aliphatic carboxylic acids is 1. The molecule has 0 saturated heterocycles. The second-order valence-corrected chi connectivity index (χ2v) is 9.44. The highest BCUT2D eigenvalue weighted by atomic mass is 19.1. The van der Waals surface area contributed by atoms with Gasteiger partial charge in [0.15, 0.2) is 0 Å². The zero-order valence-corrected chi connectivity index (χ0v) is 21.8. The number of carboxylic acids is 1. The van der Waals surface area contributed by atoms with Crippen LogP contribution in [0.1, 0.15) is 56.0 Å². The average molecular weight is 534 g/mol. The third kappa shape index (κ3) is 10.9. The van der Waals surface area contributed by atoms with Crippen LogP contribution in [0.4, 0.5) is 21.0 Å². The van der Waals surface area contributed by atoms with E-state index in [1.54, 1.807) is 32.9 Å². The summed E-state index contributed by atoms with van der Waals surface area (Å²) in [6.45, 7) is 6.51. The lowest BCUT2D eigenvalue weighted by molar-refractivity contribution is -0.139. The van der Waals surface area contributed by atoms with Gasteiger partial charge in [0.25, 0.3) is 5.91 Å². The number of ether oxygens (including phenoxy) is 1. The summed E-state index contributed by atoms with van der Waals surface area (Å²) in [5, 5.41) is 20.6. The van der Waals surface area contributed by atoms with Gasteiger partial charge < -0.3 is 36.8 Å². The number of carbonyl (C=O) groups is 3. The van der Waals surface area contributed by atoms with E-state index in [0.717, 1.165) is 0 Å². The Morgan fingerprint density at radius 1 is 1.11 bits per heavy atom. The van der Waals surface area contributed by atoms with E-state index in [1.165, 1.54) is 18.3 Å². The number of nitrogens with zero attached hydrogens (tertiary/aromatic N) is 2. The number of carboxylic acid groups (broad SMARTS) is 1. The smallest absolute Gasteiger partial charge is 0.408 e. The van der Waals surface area contributed by atoms with E-state index in [0.29, 0.717) is 37.4 Å². The summed E-state index contributed by atoms with van der Waals surface area (Å²) >= 11 is 0. The number of carbonyl (C=O) groups excluding carboxylic acids is 2. The Morgan fingerprint density at radius 2 is 1.79 bits per heavy atom. The first-order chi connectivity index (χ1) is 18.0. The molecule has 0 aliphatic carbocycles. The predicted octanol–water partition coefficient (Wildman–Crippen LogP) is 2.48. The van der Waals surface area contributed by atoms with Gasteiger partial charge in [0.2, 0.25) is 5.95 Å². The molecule has 0 spiro atoms. The van der Waals surface area contributed by atoms with Crippen molar-refractivity contribution in [2.75, 3.05) is 30.3 Å². The van der Waals surface area contributed by atoms with Crippen LogP contribution in [0.15, 0.2) is 30.5 Å². The van der Waals surface area contributed by atoms with Crippen LogP contribution in [-0.2, 0) is 16.1 Å². The lowest BCUT2D eigenvalue weighted by atomic mass is 10.1. The summed E-state index contributed by atoms with van der Waals surface area (Å²) in [6.07, 6.45) is 1.71. The number of hydrogen-bond donors (Lipinski definition) is 6. The zero-order valence-electron chi connectivity index (χ0n) is 21.8. The minimum atomic E-state index is -1.19. The lowest BCUT2D eigenvalue weighted by Gasteiger charge is -2.22. The quantitative estimate of drug-likeness (QED) is 0.197. The fourth-order valence-corrected chi connectivity index (χ4v) is 3.17. The van der Waals surface area contributed by atoms with Crippen LogP contribution in [0.25, 0.3) is 0 Å². The fourth-order valence-electron chi connectivity index (χ4n) is 3.17. The minimum Gasteiger partial charge on any atom is -0.480 e. The van der Waals surface area contributed by atoms with Crippen LogP contribution < -0.4 is 27.0 Å². The Kier molecular flexibility index (Phi) is 11.7. The number of anilines is 2.